The fourth-order valence-corrected chi connectivity index (χ4v) is 1.22. The maximum Gasteiger partial charge on any atom is 0.330 e. The molecule has 0 atom stereocenters. The Morgan fingerprint density at radius 1 is 1.50 bits per heavy atom. The summed E-state index contributed by atoms with van der Waals surface area (Å²) < 4.78 is 9.78. The number of carbonyl (C=O) groups is 1. The first-order valence-electron chi connectivity index (χ1n) is 4.89. The molecule has 16 heavy (non-hydrogen) atoms. The number of rotatable bonds is 4. The lowest BCUT2D eigenvalue weighted by molar-refractivity contribution is -0.137. The highest BCUT2D eigenvalue weighted by Crippen LogP contribution is 2.28. The van der Waals surface area contributed by atoms with Gasteiger partial charge in [0.1, 0.15) is 11.5 Å². The topological polar surface area (TPSA) is 55.8 Å². The summed E-state index contributed by atoms with van der Waals surface area (Å²) in [5.41, 5.74) is 0.457. The van der Waals surface area contributed by atoms with Crippen LogP contribution >= 0.6 is 0 Å². The maximum atomic E-state index is 11.1. The number of hydrogen-bond donors (Lipinski definition) is 1. The zero-order valence-corrected chi connectivity index (χ0v) is 9.27. The van der Waals surface area contributed by atoms with Gasteiger partial charge in [-0.3, -0.25) is 0 Å². The molecular formula is C12H14O4. The Bertz CT molecular complexity index is 396. The molecule has 4 nitrogen and oxygen atoms in total. The molecule has 0 aromatic heterocycles. The minimum Gasteiger partial charge on any atom is -0.507 e. The molecule has 0 spiro atoms. The van der Waals surface area contributed by atoms with Crippen molar-refractivity contribution in [2.24, 2.45) is 0 Å². The van der Waals surface area contributed by atoms with Crippen LogP contribution in [0.15, 0.2) is 24.3 Å². The van der Waals surface area contributed by atoms with E-state index in [0.717, 1.165) is 0 Å². The van der Waals surface area contributed by atoms with Gasteiger partial charge in [-0.15, -0.1) is 0 Å². The minimum atomic E-state index is -0.451. The van der Waals surface area contributed by atoms with Gasteiger partial charge in [-0.05, 0) is 25.1 Å². The molecule has 0 aliphatic carbocycles. The van der Waals surface area contributed by atoms with E-state index in [1.54, 1.807) is 19.1 Å². The first-order chi connectivity index (χ1) is 7.69. The third kappa shape index (κ3) is 3.02. The third-order valence-electron chi connectivity index (χ3n) is 1.94. The third-order valence-corrected chi connectivity index (χ3v) is 1.94. The fraction of sp³-hybridized carbons (Fsp3) is 0.250. The van der Waals surface area contributed by atoms with Crippen LogP contribution < -0.4 is 4.74 Å². The molecule has 0 fully saturated rings. The second-order valence-electron chi connectivity index (χ2n) is 2.98. The molecule has 0 heterocycles. The van der Waals surface area contributed by atoms with Crippen LogP contribution in [0.4, 0.5) is 0 Å². The highest BCUT2D eigenvalue weighted by atomic mass is 16.5. The predicted octanol–water partition coefficient (Wildman–Crippen LogP) is 1.98. The van der Waals surface area contributed by atoms with Crippen molar-refractivity contribution in [3.8, 4) is 11.5 Å². The van der Waals surface area contributed by atoms with Crippen LogP contribution in [0.3, 0.4) is 0 Å². The summed E-state index contributed by atoms with van der Waals surface area (Å²) in [5.74, 6) is 0.105. The van der Waals surface area contributed by atoms with Crippen molar-refractivity contribution in [1.82, 2.24) is 0 Å². The maximum absolute atomic E-state index is 11.1. The molecule has 0 radical (unpaired) electrons. The van der Waals surface area contributed by atoms with Crippen molar-refractivity contribution >= 4 is 12.0 Å². The highest BCUT2D eigenvalue weighted by Gasteiger charge is 2.05. The molecule has 4 heteroatoms. The van der Waals surface area contributed by atoms with Gasteiger partial charge in [-0.2, -0.15) is 0 Å². The van der Waals surface area contributed by atoms with Gasteiger partial charge in [0.2, 0.25) is 0 Å². The van der Waals surface area contributed by atoms with Gasteiger partial charge in [0.25, 0.3) is 0 Å². The quantitative estimate of drug-likeness (QED) is 0.625. The Morgan fingerprint density at radius 3 is 2.88 bits per heavy atom. The van der Waals surface area contributed by atoms with E-state index in [1.807, 2.05) is 0 Å². The van der Waals surface area contributed by atoms with Crippen LogP contribution in [0.25, 0.3) is 6.08 Å². The average Bonchev–Trinajstić information content (AvgIpc) is 2.27. The van der Waals surface area contributed by atoms with E-state index in [0.29, 0.717) is 17.9 Å². The fourth-order valence-electron chi connectivity index (χ4n) is 1.22. The zero-order valence-electron chi connectivity index (χ0n) is 9.27. The van der Waals surface area contributed by atoms with Gasteiger partial charge in [0, 0.05) is 6.08 Å². The summed E-state index contributed by atoms with van der Waals surface area (Å²) in [4.78, 5) is 11.1. The molecule has 0 unspecified atom stereocenters. The first kappa shape index (κ1) is 12.1. The number of carbonyl (C=O) groups excluding carboxylic acids is 1. The number of benzene rings is 1. The summed E-state index contributed by atoms with van der Waals surface area (Å²) in [6.45, 7) is 2.05. The van der Waals surface area contributed by atoms with Crippen molar-refractivity contribution in [2.45, 2.75) is 6.92 Å². The van der Waals surface area contributed by atoms with Crippen LogP contribution in [-0.4, -0.2) is 24.8 Å². The highest BCUT2D eigenvalue weighted by molar-refractivity contribution is 5.88. The largest absolute Gasteiger partial charge is 0.507 e. The molecule has 0 saturated heterocycles. The second-order valence-corrected chi connectivity index (χ2v) is 2.98. The Labute approximate surface area is 94.1 Å². The van der Waals surface area contributed by atoms with Crippen LogP contribution in [0.2, 0.25) is 0 Å². The van der Waals surface area contributed by atoms with Crippen molar-refractivity contribution < 1.29 is 19.4 Å². The molecule has 1 aromatic rings. The number of aromatic hydroxyl groups is 1. The van der Waals surface area contributed by atoms with E-state index in [-0.39, 0.29) is 5.75 Å². The number of phenolic OH excluding ortho intramolecular Hbond substituents is 1. The number of phenols is 1. The Kier molecular flexibility index (Phi) is 4.39. The van der Waals surface area contributed by atoms with Gasteiger partial charge in [0.15, 0.2) is 0 Å². The Balaban J connectivity index is 2.91. The summed E-state index contributed by atoms with van der Waals surface area (Å²) in [6, 6.07) is 4.88. The predicted molar refractivity (Wildman–Crippen MR) is 60.3 cm³/mol. The normalized spacial score (nSPS) is 10.4. The molecule has 0 aliphatic rings. The van der Waals surface area contributed by atoms with Gasteiger partial charge in [0.05, 0.1) is 19.3 Å². The van der Waals surface area contributed by atoms with E-state index in [9.17, 15) is 9.90 Å². The molecule has 0 amide bonds. The molecule has 1 N–H and O–H groups in total. The molecule has 86 valence electrons. The number of esters is 1. The van der Waals surface area contributed by atoms with Crippen LogP contribution in [-0.2, 0) is 9.53 Å². The van der Waals surface area contributed by atoms with Crippen molar-refractivity contribution in [1.29, 1.82) is 0 Å². The smallest absolute Gasteiger partial charge is 0.330 e. The van der Waals surface area contributed by atoms with E-state index in [1.165, 1.54) is 25.3 Å². The summed E-state index contributed by atoms with van der Waals surface area (Å²) >= 11 is 0. The van der Waals surface area contributed by atoms with Crippen molar-refractivity contribution in [3.05, 3.63) is 29.8 Å². The minimum absolute atomic E-state index is 0.0555. The standard InChI is InChI=1S/C12H14O4/c1-3-16-12(14)8-7-9-10(13)5-4-6-11(9)15-2/h4-8,13H,3H2,1-2H3/b8-7+. The SMILES string of the molecule is CCOC(=O)/C=C/c1c(O)cccc1OC. The summed E-state index contributed by atoms with van der Waals surface area (Å²) in [5, 5.41) is 9.58. The van der Waals surface area contributed by atoms with E-state index < -0.39 is 5.97 Å². The average molecular weight is 222 g/mol. The molecular weight excluding hydrogens is 208 g/mol. The molecule has 0 aliphatic heterocycles. The second kappa shape index (κ2) is 5.80. The number of hydrogen-bond acceptors (Lipinski definition) is 4. The van der Waals surface area contributed by atoms with E-state index >= 15 is 0 Å². The zero-order chi connectivity index (χ0) is 12.0. The Hall–Kier alpha value is -1.97. The van der Waals surface area contributed by atoms with Gasteiger partial charge >= 0.3 is 5.97 Å². The monoisotopic (exact) mass is 222 g/mol. The first-order valence-corrected chi connectivity index (χ1v) is 4.89. The summed E-state index contributed by atoms with van der Waals surface area (Å²) in [6.07, 6.45) is 2.72. The van der Waals surface area contributed by atoms with Crippen molar-refractivity contribution in [2.75, 3.05) is 13.7 Å². The Morgan fingerprint density at radius 2 is 2.25 bits per heavy atom. The lowest BCUT2D eigenvalue weighted by Crippen LogP contribution is -1.98. The lowest BCUT2D eigenvalue weighted by atomic mass is 10.1. The molecule has 0 saturated carbocycles. The number of methoxy groups -OCH3 is 1. The molecule has 1 aromatic carbocycles. The number of ether oxygens (including phenoxy) is 2. The molecule has 1 rings (SSSR count). The van der Waals surface area contributed by atoms with E-state index in [4.69, 9.17) is 9.47 Å². The van der Waals surface area contributed by atoms with Crippen LogP contribution in [0.5, 0.6) is 11.5 Å². The van der Waals surface area contributed by atoms with Gasteiger partial charge in [-0.25, -0.2) is 4.79 Å². The van der Waals surface area contributed by atoms with Crippen LogP contribution in [0.1, 0.15) is 12.5 Å². The van der Waals surface area contributed by atoms with Crippen molar-refractivity contribution in [3.63, 3.8) is 0 Å². The van der Waals surface area contributed by atoms with Gasteiger partial charge in [-0.1, -0.05) is 6.07 Å². The van der Waals surface area contributed by atoms with Crippen LogP contribution in [0, 0.1) is 0 Å². The van der Waals surface area contributed by atoms with Gasteiger partial charge < -0.3 is 14.6 Å². The summed E-state index contributed by atoms with van der Waals surface area (Å²) in [7, 11) is 1.50. The lowest BCUT2D eigenvalue weighted by Gasteiger charge is -2.05. The molecule has 0 bridgehead atoms. The van der Waals surface area contributed by atoms with E-state index in [2.05, 4.69) is 0 Å².